The number of nitrogens with one attached hydrogen (secondary N) is 1. The highest BCUT2D eigenvalue weighted by Gasteiger charge is 2.50. The first-order valence-corrected chi connectivity index (χ1v) is 9.47. The van der Waals surface area contributed by atoms with Crippen LogP contribution in [0.15, 0.2) is 42.5 Å². The average molecular weight is 384 g/mol. The van der Waals surface area contributed by atoms with E-state index in [1.54, 1.807) is 12.1 Å². The topological polar surface area (TPSA) is 58.6 Å². The van der Waals surface area contributed by atoms with E-state index in [-0.39, 0.29) is 18.3 Å². The molecule has 1 heterocycles. The van der Waals surface area contributed by atoms with Crippen LogP contribution in [0.4, 0.5) is 9.18 Å². The summed E-state index contributed by atoms with van der Waals surface area (Å²) in [7, 11) is 0. The summed E-state index contributed by atoms with van der Waals surface area (Å²) in [5.74, 6) is 0.0918. The lowest BCUT2D eigenvalue weighted by Crippen LogP contribution is -2.43. The lowest BCUT2D eigenvalue weighted by atomic mass is 9.87. The number of nitrogens with zero attached hydrogens (tertiary/aromatic N) is 1. The van der Waals surface area contributed by atoms with E-state index < -0.39 is 11.6 Å². The molecule has 148 valence electrons. The van der Waals surface area contributed by atoms with Crippen molar-refractivity contribution in [1.29, 1.82) is 0 Å². The van der Waals surface area contributed by atoms with Gasteiger partial charge in [-0.2, -0.15) is 0 Å². The number of hydrogen-bond donors (Lipinski definition) is 1. The van der Waals surface area contributed by atoms with Crippen LogP contribution in [-0.4, -0.2) is 30.0 Å². The van der Waals surface area contributed by atoms with E-state index in [0.29, 0.717) is 25.0 Å². The van der Waals surface area contributed by atoms with E-state index in [9.17, 15) is 14.0 Å². The Kier molecular flexibility index (Phi) is 5.68. The average Bonchev–Trinajstić information content (AvgIpc) is 2.89. The van der Waals surface area contributed by atoms with Crippen molar-refractivity contribution in [3.05, 3.63) is 65.0 Å². The second kappa shape index (κ2) is 8.00. The molecule has 6 heteroatoms. The largest absolute Gasteiger partial charge is 0.494 e. The van der Waals surface area contributed by atoms with E-state index in [1.165, 1.54) is 17.0 Å². The molecule has 0 radical (unpaired) electrons. The third kappa shape index (κ3) is 3.86. The molecule has 1 aliphatic rings. The molecule has 0 bridgehead atoms. The van der Waals surface area contributed by atoms with Gasteiger partial charge < -0.3 is 10.1 Å². The molecule has 0 spiro atoms. The number of urea groups is 1. The molecule has 0 saturated carbocycles. The fourth-order valence-electron chi connectivity index (χ4n) is 3.63. The number of carbonyl (C=O) groups is 2. The van der Waals surface area contributed by atoms with Crippen molar-refractivity contribution in [2.45, 2.75) is 39.2 Å². The van der Waals surface area contributed by atoms with Crippen LogP contribution in [-0.2, 0) is 10.3 Å². The summed E-state index contributed by atoms with van der Waals surface area (Å²) >= 11 is 0. The molecule has 1 N–H and O–H groups in total. The normalized spacial score (nSPS) is 19.1. The molecule has 2 aromatic rings. The van der Waals surface area contributed by atoms with E-state index in [4.69, 9.17) is 4.74 Å². The molecule has 5 nitrogen and oxygen atoms in total. The van der Waals surface area contributed by atoms with Crippen molar-refractivity contribution in [2.24, 2.45) is 0 Å². The first-order valence-electron chi connectivity index (χ1n) is 9.47. The number of carbonyl (C=O) groups excluding carboxylic acids is 2. The lowest BCUT2D eigenvalue weighted by Gasteiger charge is -2.25. The third-order valence-electron chi connectivity index (χ3n) is 5.03. The van der Waals surface area contributed by atoms with Gasteiger partial charge in [0.1, 0.15) is 17.1 Å². The van der Waals surface area contributed by atoms with E-state index in [0.717, 1.165) is 16.9 Å². The molecular weight excluding hydrogens is 359 g/mol. The molecule has 28 heavy (non-hydrogen) atoms. The number of halogens is 1. The van der Waals surface area contributed by atoms with Gasteiger partial charge in [-0.25, -0.2) is 9.18 Å². The summed E-state index contributed by atoms with van der Waals surface area (Å²) < 4.78 is 19.0. The summed E-state index contributed by atoms with van der Waals surface area (Å²) in [6.07, 6.45) is 0.911. The molecule has 1 unspecified atom stereocenters. The second-order valence-corrected chi connectivity index (χ2v) is 7.18. The Morgan fingerprint density at radius 2 is 1.71 bits per heavy atom. The van der Waals surface area contributed by atoms with Gasteiger partial charge in [-0.05, 0) is 67.6 Å². The van der Waals surface area contributed by atoms with Gasteiger partial charge in [0.15, 0.2) is 0 Å². The van der Waals surface area contributed by atoms with Crippen LogP contribution in [0, 0.1) is 19.7 Å². The standard InChI is InChI=1S/C22H25FN2O3/c1-4-22(17-6-8-18(23)9-7-17)20(26)25(21(27)24-22)10-5-11-28-19-13-15(2)12-16(3)14-19/h6-9,12-14H,4-5,10-11H2,1-3H3,(H,24,27). The monoisotopic (exact) mass is 384 g/mol. The zero-order valence-electron chi connectivity index (χ0n) is 16.4. The van der Waals surface area contributed by atoms with Gasteiger partial charge in [-0.3, -0.25) is 9.69 Å². The summed E-state index contributed by atoms with van der Waals surface area (Å²) in [6.45, 7) is 6.50. The van der Waals surface area contributed by atoms with Crippen molar-refractivity contribution in [3.8, 4) is 5.75 Å². The van der Waals surface area contributed by atoms with Crippen molar-refractivity contribution in [3.63, 3.8) is 0 Å². The van der Waals surface area contributed by atoms with Crippen LogP contribution in [0.2, 0.25) is 0 Å². The SMILES string of the molecule is CCC1(c2ccc(F)cc2)NC(=O)N(CCCOc2cc(C)cc(C)c2)C1=O. The predicted octanol–water partition coefficient (Wildman–Crippen LogP) is 4.07. The fourth-order valence-corrected chi connectivity index (χ4v) is 3.63. The highest BCUT2D eigenvalue weighted by atomic mass is 19.1. The molecule has 0 aromatic heterocycles. The highest BCUT2D eigenvalue weighted by molar-refractivity contribution is 6.07. The minimum Gasteiger partial charge on any atom is -0.494 e. The van der Waals surface area contributed by atoms with Crippen molar-refractivity contribution in [1.82, 2.24) is 10.2 Å². The Morgan fingerprint density at radius 3 is 2.32 bits per heavy atom. The molecule has 1 saturated heterocycles. The summed E-state index contributed by atoms with van der Waals surface area (Å²) in [4.78, 5) is 26.7. The number of rotatable bonds is 7. The summed E-state index contributed by atoms with van der Waals surface area (Å²) in [6, 6.07) is 11.2. The van der Waals surface area contributed by atoms with Crippen molar-refractivity contribution < 1.29 is 18.7 Å². The smallest absolute Gasteiger partial charge is 0.325 e. The van der Waals surface area contributed by atoms with Crippen molar-refractivity contribution >= 4 is 11.9 Å². The molecule has 0 aliphatic carbocycles. The van der Waals surface area contributed by atoms with Gasteiger partial charge in [0.25, 0.3) is 5.91 Å². The quantitative estimate of drug-likeness (QED) is 0.578. The number of ether oxygens (including phenoxy) is 1. The van der Waals surface area contributed by atoms with Crippen LogP contribution >= 0.6 is 0 Å². The summed E-state index contributed by atoms with van der Waals surface area (Å²) in [5.41, 5.74) is 1.69. The summed E-state index contributed by atoms with van der Waals surface area (Å²) in [5, 5.41) is 2.80. The molecule has 3 amide bonds. The first-order chi connectivity index (χ1) is 13.4. The first kappa shape index (κ1) is 19.9. The molecule has 1 aliphatic heterocycles. The third-order valence-corrected chi connectivity index (χ3v) is 5.03. The van der Waals surface area contributed by atoms with Gasteiger partial charge in [0.2, 0.25) is 0 Å². The Bertz CT molecular complexity index is 862. The van der Waals surface area contributed by atoms with Gasteiger partial charge in [0, 0.05) is 6.54 Å². The van der Waals surface area contributed by atoms with Gasteiger partial charge >= 0.3 is 6.03 Å². The minimum atomic E-state index is -1.14. The molecular formula is C22H25FN2O3. The fraction of sp³-hybridized carbons (Fsp3) is 0.364. The molecule has 3 rings (SSSR count). The predicted molar refractivity (Wildman–Crippen MR) is 105 cm³/mol. The molecule has 1 atom stereocenters. The van der Waals surface area contributed by atoms with Gasteiger partial charge in [-0.15, -0.1) is 0 Å². The Hall–Kier alpha value is -2.89. The Balaban J connectivity index is 1.64. The maximum absolute atomic E-state index is 13.3. The maximum atomic E-state index is 13.3. The van der Waals surface area contributed by atoms with Crippen LogP contribution in [0.3, 0.4) is 0 Å². The lowest BCUT2D eigenvalue weighted by molar-refractivity contribution is -0.131. The van der Waals surface area contributed by atoms with E-state index in [2.05, 4.69) is 11.4 Å². The van der Waals surface area contributed by atoms with E-state index >= 15 is 0 Å². The Morgan fingerprint density at radius 1 is 1.07 bits per heavy atom. The second-order valence-electron chi connectivity index (χ2n) is 7.18. The van der Waals surface area contributed by atoms with Crippen molar-refractivity contribution in [2.75, 3.05) is 13.2 Å². The zero-order valence-corrected chi connectivity index (χ0v) is 16.4. The maximum Gasteiger partial charge on any atom is 0.325 e. The highest BCUT2D eigenvalue weighted by Crippen LogP contribution is 2.32. The van der Waals surface area contributed by atoms with Crippen LogP contribution in [0.5, 0.6) is 5.75 Å². The van der Waals surface area contributed by atoms with E-state index in [1.807, 2.05) is 32.9 Å². The number of imide groups is 1. The van der Waals surface area contributed by atoms with Crippen LogP contribution < -0.4 is 10.1 Å². The van der Waals surface area contributed by atoms with Gasteiger partial charge in [-0.1, -0.05) is 25.1 Å². The minimum absolute atomic E-state index is 0.262. The number of amides is 3. The van der Waals surface area contributed by atoms with Gasteiger partial charge in [0.05, 0.1) is 6.61 Å². The van der Waals surface area contributed by atoms with Crippen LogP contribution in [0.1, 0.15) is 36.5 Å². The number of benzene rings is 2. The number of aryl methyl sites for hydroxylation is 2. The molecule has 2 aromatic carbocycles. The zero-order chi connectivity index (χ0) is 20.3. The Labute approximate surface area is 164 Å². The number of hydrogen-bond acceptors (Lipinski definition) is 3. The molecule has 1 fully saturated rings. The van der Waals surface area contributed by atoms with Crippen LogP contribution in [0.25, 0.3) is 0 Å².